The molecule has 1 atom stereocenters. The van der Waals surface area contributed by atoms with Gasteiger partial charge < -0.3 is 10.0 Å². The molecule has 1 unspecified atom stereocenters. The van der Waals surface area contributed by atoms with E-state index in [-0.39, 0.29) is 0 Å². The molecule has 1 aliphatic rings. The van der Waals surface area contributed by atoms with Crippen LogP contribution in [0.4, 0.5) is 0 Å². The first kappa shape index (κ1) is 12.1. The van der Waals surface area contributed by atoms with Gasteiger partial charge >= 0.3 is 5.97 Å². The number of fused-ring (bicyclic) bond motifs is 1. The molecule has 0 spiro atoms. The quantitative estimate of drug-likeness (QED) is 0.863. The smallest absolute Gasteiger partial charge is 0.312 e. The zero-order valence-corrected chi connectivity index (χ0v) is 10.4. The van der Waals surface area contributed by atoms with Crippen LogP contribution in [0.25, 0.3) is 0 Å². The van der Waals surface area contributed by atoms with Crippen molar-refractivity contribution >= 4 is 5.97 Å². The Morgan fingerprint density at radius 2 is 2.06 bits per heavy atom. The summed E-state index contributed by atoms with van der Waals surface area (Å²) in [4.78, 5) is 13.2. The van der Waals surface area contributed by atoms with E-state index >= 15 is 0 Å². The lowest BCUT2D eigenvalue weighted by Crippen LogP contribution is -2.26. The summed E-state index contributed by atoms with van der Waals surface area (Å²) in [7, 11) is 3.81. The highest BCUT2D eigenvalue weighted by molar-refractivity contribution is 5.76. The first-order valence-corrected chi connectivity index (χ1v) is 6.07. The highest BCUT2D eigenvalue weighted by Crippen LogP contribution is 2.26. The standard InChI is InChI=1S/C14H19NO2/c1-15(2)9-13(14(16)17)12-7-6-10-4-3-5-11(10)8-12/h6-8,13H,3-5,9H2,1-2H3,(H,16,17). The van der Waals surface area contributed by atoms with E-state index in [9.17, 15) is 9.90 Å². The first-order valence-electron chi connectivity index (χ1n) is 6.07. The van der Waals surface area contributed by atoms with Crippen LogP contribution in [0.3, 0.4) is 0 Å². The summed E-state index contributed by atoms with van der Waals surface area (Å²) in [5.74, 6) is -1.16. The van der Waals surface area contributed by atoms with E-state index in [4.69, 9.17) is 0 Å². The number of benzene rings is 1. The Labute approximate surface area is 102 Å². The Bertz CT molecular complexity index is 426. The third-order valence-corrected chi connectivity index (χ3v) is 3.37. The summed E-state index contributed by atoms with van der Waals surface area (Å²) in [6, 6.07) is 6.17. The fourth-order valence-corrected chi connectivity index (χ4v) is 2.50. The van der Waals surface area contributed by atoms with E-state index in [0.29, 0.717) is 6.54 Å². The number of aliphatic carboxylic acids is 1. The topological polar surface area (TPSA) is 40.5 Å². The lowest BCUT2D eigenvalue weighted by atomic mass is 9.95. The van der Waals surface area contributed by atoms with E-state index in [1.807, 2.05) is 25.1 Å². The molecule has 1 aliphatic carbocycles. The van der Waals surface area contributed by atoms with Crippen molar-refractivity contribution in [1.29, 1.82) is 0 Å². The molecule has 1 aromatic carbocycles. The fraction of sp³-hybridized carbons (Fsp3) is 0.500. The number of carboxylic acid groups (broad SMARTS) is 1. The van der Waals surface area contributed by atoms with Gasteiger partial charge in [0.05, 0.1) is 5.92 Å². The molecule has 2 rings (SSSR count). The average molecular weight is 233 g/mol. The number of nitrogens with zero attached hydrogens (tertiary/aromatic N) is 1. The summed E-state index contributed by atoms with van der Waals surface area (Å²) >= 11 is 0. The van der Waals surface area contributed by atoms with Gasteiger partial charge in [-0.25, -0.2) is 0 Å². The van der Waals surface area contributed by atoms with Crippen molar-refractivity contribution in [2.45, 2.75) is 25.2 Å². The third-order valence-electron chi connectivity index (χ3n) is 3.37. The van der Waals surface area contributed by atoms with Crippen molar-refractivity contribution in [1.82, 2.24) is 4.90 Å². The van der Waals surface area contributed by atoms with Crippen molar-refractivity contribution in [2.75, 3.05) is 20.6 Å². The summed E-state index contributed by atoms with van der Waals surface area (Å²) in [6.07, 6.45) is 3.43. The molecule has 0 saturated heterocycles. The zero-order chi connectivity index (χ0) is 12.4. The van der Waals surface area contributed by atoms with Crippen molar-refractivity contribution in [3.8, 4) is 0 Å². The molecule has 0 saturated carbocycles. The number of likely N-dealkylation sites (N-methyl/N-ethyl adjacent to an activating group) is 1. The second-order valence-corrected chi connectivity index (χ2v) is 5.03. The van der Waals surface area contributed by atoms with Crippen molar-refractivity contribution in [3.05, 3.63) is 34.9 Å². The highest BCUT2D eigenvalue weighted by Gasteiger charge is 2.22. The third kappa shape index (κ3) is 2.67. The Morgan fingerprint density at radius 3 is 2.71 bits per heavy atom. The van der Waals surface area contributed by atoms with Crippen LogP contribution in [-0.2, 0) is 17.6 Å². The van der Waals surface area contributed by atoms with Crippen LogP contribution < -0.4 is 0 Å². The van der Waals surface area contributed by atoms with Gasteiger partial charge in [-0.2, -0.15) is 0 Å². The molecule has 0 fully saturated rings. The van der Waals surface area contributed by atoms with Gasteiger partial charge in [0, 0.05) is 6.54 Å². The largest absolute Gasteiger partial charge is 0.481 e. The van der Waals surface area contributed by atoms with Crippen LogP contribution in [0, 0.1) is 0 Å². The SMILES string of the molecule is CN(C)CC(C(=O)O)c1ccc2c(c1)CCC2. The van der Waals surface area contributed by atoms with Crippen LogP contribution in [0.1, 0.15) is 29.0 Å². The molecule has 0 bridgehead atoms. The molecule has 0 aromatic heterocycles. The highest BCUT2D eigenvalue weighted by atomic mass is 16.4. The Kier molecular flexibility index (Phi) is 3.48. The van der Waals surface area contributed by atoms with Crippen LogP contribution in [0.2, 0.25) is 0 Å². The maximum absolute atomic E-state index is 11.3. The van der Waals surface area contributed by atoms with Gasteiger partial charge in [-0.15, -0.1) is 0 Å². The number of aryl methyl sites for hydroxylation is 2. The normalized spacial score (nSPS) is 15.9. The maximum atomic E-state index is 11.3. The molecule has 1 aromatic rings. The van der Waals surface area contributed by atoms with E-state index < -0.39 is 11.9 Å². The van der Waals surface area contributed by atoms with Crippen molar-refractivity contribution < 1.29 is 9.90 Å². The number of carboxylic acids is 1. The Balaban J connectivity index is 2.27. The van der Waals surface area contributed by atoms with Crippen LogP contribution in [-0.4, -0.2) is 36.6 Å². The van der Waals surface area contributed by atoms with Gasteiger partial charge in [0.1, 0.15) is 0 Å². The molecule has 17 heavy (non-hydrogen) atoms. The molecule has 3 nitrogen and oxygen atoms in total. The molecule has 0 radical (unpaired) electrons. The van der Waals surface area contributed by atoms with Crippen LogP contribution >= 0.6 is 0 Å². The summed E-state index contributed by atoms with van der Waals surface area (Å²) in [5.41, 5.74) is 3.67. The monoisotopic (exact) mass is 233 g/mol. The fourth-order valence-electron chi connectivity index (χ4n) is 2.50. The van der Waals surface area contributed by atoms with Crippen LogP contribution in [0.15, 0.2) is 18.2 Å². The Hall–Kier alpha value is -1.35. The number of rotatable bonds is 4. The van der Waals surface area contributed by atoms with Gasteiger partial charge in [-0.05, 0) is 50.0 Å². The molecular formula is C14H19NO2. The van der Waals surface area contributed by atoms with E-state index in [1.165, 1.54) is 17.5 Å². The minimum atomic E-state index is -0.739. The van der Waals surface area contributed by atoms with Gasteiger partial charge in [0.2, 0.25) is 0 Å². The lowest BCUT2D eigenvalue weighted by Gasteiger charge is -2.18. The lowest BCUT2D eigenvalue weighted by molar-refractivity contribution is -0.139. The number of hydrogen-bond donors (Lipinski definition) is 1. The number of hydrogen-bond acceptors (Lipinski definition) is 2. The molecule has 0 amide bonds. The number of carbonyl (C=O) groups is 1. The second kappa shape index (κ2) is 4.88. The van der Waals surface area contributed by atoms with E-state index in [1.54, 1.807) is 0 Å². The van der Waals surface area contributed by atoms with Gasteiger partial charge in [-0.1, -0.05) is 18.2 Å². The molecular weight excluding hydrogens is 214 g/mol. The molecule has 0 aliphatic heterocycles. The zero-order valence-electron chi connectivity index (χ0n) is 10.4. The minimum Gasteiger partial charge on any atom is -0.481 e. The summed E-state index contributed by atoms with van der Waals surface area (Å²) < 4.78 is 0. The predicted molar refractivity (Wildman–Crippen MR) is 67.4 cm³/mol. The minimum absolute atomic E-state index is 0.420. The van der Waals surface area contributed by atoms with Crippen LogP contribution in [0.5, 0.6) is 0 Å². The average Bonchev–Trinajstić information content (AvgIpc) is 2.72. The Morgan fingerprint density at radius 1 is 1.35 bits per heavy atom. The van der Waals surface area contributed by atoms with Crippen molar-refractivity contribution in [3.63, 3.8) is 0 Å². The van der Waals surface area contributed by atoms with Crippen molar-refractivity contribution in [2.24, 2.45) is 0 Å². The van der Waals surface area contributed by atoms with E-state index in [2.05, 4.69) is 12.1 Å². The molecule has 3 heteroatoms. The molecule has 0 heterocycles. The van der Waals surface area contributed by atoms with Gasteiger partial charge in [0.15, 0.2) is 0 Å². The van der Waals surface area contributed by atoms with Gasteiger partial charge in [-0.3, -0.25) is 4.79 Å². The first-order chi connectivity index (χ1) is 8.08. The van der Waals surface area contributed by atoms with Gasteiger partial charge in [0.25, 0.3) is 0 Å². The van der Waals surface area contributed by atoms with E-state index in [0.717, 1.165) is 18.4 Å². The second-order valence-electron chi connectivity index (χ2n) is 5.03. The molecule has 1 N–H and O–H groups in total. The summed E-state index contributed by atoms with van der Waals surface area (Å²) in [5, 5.41) is 9.30. The summed E-state index contributed by atoms with van der Waals surface area (Å²) in [6.45, 7) is 0.550. The maximum Gasteiger partial charge on any atom is 0.312 e. The predicted octanol–water partition coefficient (Wildman–Crippen LogP) is 1.91. The molecule has 92 valence electrons.